The molecule has 0 aliphatic carbocycles. The number of nitrogens with one attached hydrogen (secondary N) is 2. The quantitative estimate of drug-likeness (QED) is 0.140. The molecule has 0 aliphatic heterocycles. The molecule has 3 amide bonds. The minimum absolute atomic E-state index is 0.0952. The van der Waals surface area contributed by atoms with Crippen LogP contribution in [0, 0.1) is 6.92 Å². The number of hydrogen-bond donors (Lipinski definition) is 3. The highest BCUT2D eigenvalue weighted by Crippen LogP contribution is 2.28. The van der Waals surface area contributed by atoms with Crippen LogP contribution in [0.2, 0.25) is 0 Å². The molecule has 0 radical (unpaired) electrons. The number of anilines is 1. The zero-order valence-electron chi connectivity index (χ0n) is 27.4. The summed E-state index contributed by atoms with van der Waals surface area (Å²) in [6.07, 6.45) is 1.86. The molecule has 0 fully saturated rings. The summed E-state index contributed by atoms with van der Waals surface area (Å²) in [5.41, 5.74) is 2.20. The number of hydrogen-bond acceptors (Lipinski definition) is 5. The lowest BCUT2D eigenvalue weighted by Gasteiger charge is -2.35. The lowest BCUT2D eigenvalue weighted by atomic mass is 9.98. The van der Waals surface area contributed by atoms with Gasteiger partial charge in [0.05, 0.1) is 0 Å². The molecule has 4 aromatic carbocycles. The van der Waals surface area contributed by atoms with Gasteiger partial charge in [0.1, 0.15) is 23.4 Å². The fraction of sp³-hybridized carbons (Fsp3) is 0.342. The van der Waals surface area contributed by atoms with Crippen molar-refractivity contribution in [2.75, 3.05) is 11.9 Å². The van der Waals surface area contributed by atoms with Crippen molar-refractivity contribution in [3.63, 3.8) is 0 Å². The largest absolute Gasteiger partial charge is 0.508 e. The maximum absolute atomic E-state index is 14.7. The Morgan fingerprint density at radius 3 is 2.26 bits per heavy atom. The van der Waals surface area contributed by atoms with E-state index < -0.39 is 29.7 Å². The van der Waals surface area contributed by atoms with Crippen molar-refractivity contribution in [3.8, 4) is 5.75 Å². The molecule has 242 valence electrons. The molecule has 0 heterocycles. The van der Waals surface area contributed by atoms with Gasteiger partial charge < -0.3 is 25.4 Å². The second kappa shape index (κ2) is 15.4. The van der Waals surface area contributed by atoms with E-state index in [1.807, 2.05) is 73.7 Å². The lowest BCUT2D eigenvalue weighted by molar-refractivity contribution is -0.140. The van der Waals surface area contributed by atoms with E-state index in [1.54, 1.807) is 37.8 Å². The first kappa shape index (κ1) is 34.0. The standard InChI is InChI=1S/C38H45N3O5/c1-6-7-10-22-41(36(44)33(40-37(45)46-38(3,4)5)24-27-16-20-32(42)21-17-27)34(30-15-11-12-26(2)23-30)35(43)39-31-19-18-28-13-8-9-14-29(28)25-31/h8-9,11-21,23,25,33-34,42H,6-7,10,22,24H2,1-5H3,(H,39,43)(H,40,45). The van der Waals surface area contributed by atoms with Crippen LogP contribution < -0.4 is 10.6 Å². The maximum atomic E-state index is 14.7. The molecule has 0 saturated heterocycles. The molecular formula is C38H45N3O5. The summed E-state index contributed by atoms with van der Waals surface area (Å²) in [6.45, 7) is 9.59. The van der Waals surface area contributed by atoms with Crippen molar-refractivity contribution < 1.29 is 24.2 Å². The predicted molar refractivity (Wildman–Crippen MR) is 183 cm³/mol. The third-order valence-corrected chi connectivity index (χ3v) is 7.59. The first-order valence-corrected chi connectivity index (χ1v) is 15.9. The summed E-state index contributed by atoms with van der Waals surface area (Å²) in [4.78, 5) is 43.6. The number of nitrogens with zero attached hydrogens (tertiary/aromatic N) is 1. The molecule has 0 bridgehead atoms. The number of ether oxygens (including phenoxy) is 1. The molecule has 0 spiro atoms. The highest BCUT2D eigenvalue weighted by atomic mass is 16.6. The molecule has 0 aromatic heterocycles. The average molecular weight is 624 g/mol. The van der Waals surface area contributed by atoms with Gasteiger partial charge in [-0.15, -0.1) is 0 Å². The fourth-order valence-electron chi connectivity index (χ4n) is 5.41. The van der Waals surface area contributed by atoms with Crippen LogP contribution in [0.5, 0.6) is 5.75 Å². The number of amides is 3. The number of benzene rings is 4. The topological polar surface area (TPSA) is 108 Å². The minimum atomic E-state index is -1.04. The van der Waals surface area contributed by atoms with Crippen LogP contribution in [0.1, 0.15) is 69.7 Å². The Morgan fingerprint density at radius 1 is 0.870 bits per heavy atom. The molecule has 4 rings (SSSR count). The molecular weight excluding hydrogens is 578 g/mol. The van der Waals surface area contributed by atoms with Gasteiger partial charge in [0, 0.05) is 18.7 Å². The van der Waals surface area contributed by atoms with Crippen LogP contribution in [0.15, 0.2) is 91.0 Å². The number of phenolic OH excluding ortho intramolecular Hbond substituents is 1. The van der Waals surface area contributed by atoms with Crippen LogP contribution in [-0.2, 0) is 20.7 Å². The molecule has 4 aromatic rings. The Bertz CT molecular complexity index is 1640. The highest BCUT2D eigenvalue weighted by Gasteiger charge is 2.36. The SMILES string of the molecule is CCCCCN(C(=O)C(Cc1ccc(O)cc1)NC(=O)OC(C)(C)C)C(C(=O)Nc1ccc2ccccc2c1)c1cccc(C)c1. The van der Waals surface area contributed by atoms with E-state index in [4.69, 9.17) is 4.74 Å². The van der Waals surface area contributed by atoms with Crippen LogP contribution in [0.25, 0.3) is 10.8 Å². The van der Waals surface area contributed by atoms with Gasteiger partial charge in [-0.2, -0.15) is 0 Å². The van der Waals surface area contributed by atoms with Crippen molar-refractivity contribution in [2.24, 2.45) is 0 Å². The molecule has 0 aliphatic rings. The molecule has 2 unspecified atom stereocenters. The molecule has 46 heavy (non-hydrogen) atoms. The number of alkyl carbamates (subject to hydrolysis) is 1. The van der Waals surface area contributed by atoms with Gasteiger partial charge in [0.25, 0.3) is 5.91 Å². The van der Waals surface area contributed by atoms with E-state index in [2.05, 4.69) is 17.6 Å². The number of carbonyl (C=O) groups excluding carboxylic acids is 3. The van der Waals surface area contributed by atoms with E-state index in [9.17, 15) is 19.5 Å². The lowest BCUT2D eigenvalue weighted by Crippen LogP contribution is -2.53. The maximum Gasteiger partial charge on any atom is 0.408 e. The van der Waals surface area contributed by atoms with Crippen molar-refractivity contribution in [2.45, 2.75) is 78.0 Å². The second-order valence-corrected chi connectivity index (χ2v) is 12.7. The van der Waals surface area contributed by atoms with Crippen LogP contribution >= 0.6 is 0 Å². The summed E-state index contributed by atoms with van der Waals surface area (Å²) < 4.78 is 5.54. The monoisotopic (exact) mass is 623 g/mol. The van der Waals surface area contributed by atoms with Gasteiger partial charge in [0.15, 0.2) is 0 Å². The number of aryl methyl sites for hydroxylation is 1. The smallest absolute Gasteiger partial charge is 0.408 e. The Hall–Kier alpha value is -4.85. The zero-order valence-corrected chi connectivity index (χ0v) is 27.4. The number of rotatable bonds is 12. The summed E-state index contributed by atoms with van der Waals surface area (Å²) >= 11 is 0. The zero-order chi connectivity index (χ0) is 33.3. The fourth-order valence-corrected chi connectivity index (χ4v) is 5.41. The Labute approximate surface area is 271 Å². The normalized spacial score (nSPS) is 12.6. The van der Waals surface area contributed by atoms with Gasteiger partial charge in [-0.3, -0.25) is 9.59 Å². The van der Waals surface area contributed by atoms with E-state index in [0.29, 0.717) is 24.2 Å². The first-order chi connectivity index (χ1) is 21.9. The number of fused-ring (bicyclic) bond motifs is 1. The first-order valence-electron chi connectivity index (χ1n) is 15.9. The van der Waals surface area contributed by atoms with Crippen molar-refractivity contribution in [1.29, 1.82) is 0 Å². The van der Waals surface area contributed by atoms with E-state index in [1.165, 1.54) is 12.1 Å². The number of unbranched alkanes of at least 4 members (excludes halogenated alkanes) is 2. The third kappa shape index (κ3) is 9.57. The average Bonchev–Trinajstić information content (AvgIpc) is 3.00. The van der Waals surface area contributed by atoms with Crippen molar-refractivity contribution >= 4 is 34.4 Å². The van der Waals surface area contributed by atoms with E-state index in [0.717, 1.165) is 34.7 Å². The van der Waals surface area contributed by atoms with Crippen LogP contribution in [0.4, 0.5) is 10.5 Å². The van der Waals surface area contributed by atoms with Crippen molar-refractivity contribution in [3.05, 3.63) is 108 Å². The summed E-state index contributed by atoms with van der Waals surface area (Å²) in [5.74, 6) is -0.667. The second-order valence-electron chi connectivity index (χ2n) is 12.7. The van der Waals surface area contributed by atoms with Crippen LogP contribution in [-0.4, -0.2) is 46.1 Å². The number of aromatic hydroxyl groups is 1. The minimum Gasteiger partial charge on any atom is -0.508 e. The van der Waals surface area contributed by atoms with Gasteiger partial charge in [0.2, 0.25) is 5.91 Å². The molecule has 2 atom stereocenters. The van der Waals surface area contributed by atoms with E-state index in [-0.39, 0.29) is 18.1 Å². The third-order valence-electron chi connectivity index (χ3n) is 7.59. The summed E-state index contributed by atoms with van der Waals surface area (Å²) in [6, 6.07) is 25.7. The highest BCUT2D eigenvalue weighted by molar-refractivity contribution is 6.00. The summed E-state index contributed by atoms with van der Waals surface area (Å²) in [5, 5.41) is 17.7. The van der Waals surface area contributed by atoms with Gasteiger partial charge in [-0.1, -0.05) is 92.1 Å². The molecule has 0 saturated carbocycles. The molecule has 8 heteroatoms. The Morgan fingerprint density at radius 2 is 1.59 bits per heavy atom. The van der Waals surface area contributed by atoms with Gasteiger partial charge in [-0.25, -0.2) is 4.79 Å². The van der Waals surface area contributed by atoms with Gasteiger partial charge >= 0.3 is 6.09 Å². The van der Waals surface area contributed by atoms with Crippen LogP contribution in [0.3, 0.4) is 0 Å². The van der Waals surface area contributed by atoms with Crippen molar-refractivity contribution in [1.82, 2.24) is 10.2 Å². The predicted octanol–water partition coefficient (Wildman–Crippen LogP) is 7.69. The Balaban J connectivity index is 1.75. The number of phenols is 1. The summed E-state index contributed by atoms with van der Waals surface area (Å²) in [7, 11) is 0. The molecule has 8 nitrogen and oxygen atoms in total. The molecule has 3 N–H and O–H groups in total. The number of carbonyl (C=O) groups is 3. The Kier molecular flexibility index (Phi) is 11.4. The van der Waals surface area contributed by atoms with E-state index >= 15 is 0 Å². The van der Waals surface area contributed by atoms with Gasteiger partial charge in [-0.05, 0) is 80.3 Å².